The van der Waals surface area contributed by atoms with Gasteiger partial charge in [0.1, 0.15) is 6.33 Å². The number of nitrogens with zero attached hydrogens (tertiary/aromatic N) is 5. The number of aryl methyl sites for hydroxylation is 2. The number of aromatic nitrogens is 2. The second-order valence-electron chi connectivity index (χ2n) is 12.3. The fourth-order valence-corrected chi connectivity index (χ4v) is 7.74. The van der Waals surface area contributed by atoms with E-state index in [4.69, 9.17) is 0 Å². The highest BCUT2D eigenvalue weighted by Gasteiger charge is 2.45. The monoisotopic (exact) mass is 515 g/mol. The molecule has 6 rings (SSSR count). The van der Waals surface area contributed by atoms with Gasteiger partial charge in [-0.1, -0.05) is 43.2 Å². The summed E-state index contributed by atoms with van der Waals surface area (Å²) in [5.74, 6) is 1.79. The summed E-state index contributed by atoms with van der Waals surface area (Å²) in [4.78, 5) is 41.9. The van der Waals surface area contributed by atoms with Crippen molar-refractivity contribution < 1.29 is 9.59 Å². The lowest BCUT2D eigenvalue weighted by molar-refractivity contribution is -0.134. The lowest BCUT2D eigenvalue weighted by Crippen LogP contribution is -2.39. The topological polar surface area (TPSA) is 69.6 Å². The molecule has 0 bridgehead atoms. The third kappa shape index (κ3) is 4.74. The molecule has 1 aromatic carbocycles. The molecule has 3 aliphatic heterocycles. The highest BCUT2D eigenvalue weighted by atomic mass is 16.2. The summed E-state index contributed by atoms with van der Waals surface area (Å²) >= 11 is 0. The van der Waals surface area contributed by atoms with Crippen molar-refractivity contribution in [2.45, 2.75) is 57.8 Å². The van der Waals surface area contributed by atoms with Gasteiger partial charge < -0.3 is 14.7 Å². The third-order valence-electron chi connectivity index (χ3n) is 9.95. The van der Waals surface area contributed by atoms with Gasteiger partial charge in [-0.3, -0.25) is 9.59 Å². The standard InChI is InChI=1S/C31H41N5O2/c1-22-28(23(2)33-21-32-22)30(38)36-18-25-16-34(17-26(25)19-36)14-12-31(27-10-4-3-5-11-27)13-15-35(20-31)29(37)24-8-6-7-9-24/h3-5,10-11,21,24-26H,6-9,12-20H2,1-2H3. The van der Waals surface area contributed by atoms with E-state index < -0.39 is 0 Å². The van der Waals surface area contributed by atoms with Gasteiger partial charge >= 0.3 is 0 Å². The SMILES string of the molecule is Cc1ncnc(C)c1C(=O)N1CC2CN(CCC3(c4ccccc4)CCN(C(=O)C4CCCC4)C3)CC2C1. The summed E-state index contributed by atoms with van der Waals surface area (Å²) < 4.78 is 0. The molecule has 202 valence electrons. The summed E-state index contributed by atoms with van der Waals surface area (Å²) in [5, 5.41) is 0. The van der Waals surface area contributed by atoms with Gasteiger partial charge in [0.15, 0.2) is 0 Å². The number of rotatable bonds is 6. The molecule has 38 heavy (non-hydrogen) atoms. The number of carbonyl (C=O) groups is 2. The zero-order valence-electron chi connectivity index (χ0n) is 22.9. The summed E-state index contributed by atoms with van der Waals surface area (Å²) in [6.07, 6.45) is 8.21. The Bertz CT molecular complexity index is 1150. The quantitative estimate of drug-likeness (QED) is 0.585. The van der Waals surface area contributed by atoms with Crippen LogP contribution in [0.3, 0.4) is 0 Å². The molecule has 2 amide bonds. The van der Waals surface area contributed by atoms with Gasteiger partial charge in [-0.05, 0) is 63.5 Å². The predicted molar refractivity (Wildman–Crippen MR) is 147 cm³/mol. The number of hydrogen-bond donors (Lipinski definition) is 0. The Balaban J connectivity index is 1.09. The lowest BCUT2D eigenvalue weighted by atomic mass is 9.76. The number of hydrogen-bond acceptors (Lipinski definition) is 5. The minimum atomic E-state index is 0.0393. The van der Waals surface area contributed by atoms with Crippen LogP contribution in [0.25, 0.3) is 0 Å². The van der Waals surface area contributed by atoms with Crippen LogP contribution in [0, 0.1) is 31.6 Å². The van der Waals surface area contributed by atoms with E-state index in [0.717, 1.165) is 82.9 Å². The number of carbonyl (C=O) groups excluding carboxylic acids is 2. The van der Waals surface area contributed by atoms with E-state index in [0.29, 0.717) is 23.3 Å². The summed E-state index contributed by atoms with van der Waals surface area (Å²) in [6, 6.07) is 10.9. The van der Waals surface area contributed by atoms with Gasteiger partial charge in [0.2, 0.25) is 5.91 Å². The van der Waals surface area contributed by atoms with Crippen LogP contribution in [-0.4, -0.2) is 82.3 Å². The Kier molecular flexibility index (Phi) is 6.97. The van der Waals surface area contributed by atoms with E-state index in [1.165, 1.54) is 24.7 Å². The van der Waals surface area contributed by atoms with Gasteiger partial charge in [0.05, 0.1) is 17.0 Å². The Morgan fingerprint density at radius 3 is 2.24 bits per heavy atom. The van der Waals surface area contributed by atoms with Crippen molar-refractivity contribution in [2.75, 3.05) is 45.8 Å². The zero-order valence-corrected chi connectivity index (χ0v) is 22.9. The highest BCUT2D eigenvalue weighted by Crippen LogP contribution is 2.41. The third-order valence-corrected chi connectivity index (χ3v) is 9.95. The summed E-state index contributed by atoms with van der Waals surface area (Å²) in [5.41, 5.74) is 3.63. The Hall–Kier alpha value is -2.80. The average Bonchev–Trinajstić information content (AvgIpc) is 3.72. The van der Waals surface area contributed by atoms with Crippen LogP contribution in [0.4, 0.5) is 0 Å². The minimum Gasteiger partial charge on any atom is -0.342 e. The maximum absolute atomic E-state index is 13.3. The summed E-state index contributed by atoms with van der Waals surface area (Å²) in [7, 11) is 0. The van der Waals surface area contributed by atoms with E-state index in [9.17, 15) is 9.59 Å². The molecule has 0 radical (unpaired) electrons. The van der Waals surface area contributed by atoms with Crippen LogP contribution in [0.15, 0.2) is 36.7 Å². The van der Waals surface area contributed by atoms with E-state index >= 15 is 0 Å². The smallest absolute Gasteiger partial charge is 0.257 e. The molecule has 4 fully saturated rings. The number of likely N-dealkylation sites (tertiary alicyclic amines) is 3. The van der Waals surface area contributed by atoms with E-state index in [-0.39, 0.29) is 17.2 Å². The number of fused-ring (bicyclic) bond motifs is 1. The molecule has 1 aromatic heterocycles. The fraction of sp³-hybridized carbons (Fsp3) is 0.613. The van der Waals surface area contributed by atoms with Gasteiger partial charge in [-0.15, -0.1) is 0 Å². The van der Waals surface area contributed by atoms with E-state index in [1.807, 2.05) is 18.7 Å². The first kappa shape index (κ1) is 25.5. The predicted octanol–water partition coefficient (Wildman–Crippen LogP) is 3.85. The van der Waals surface area contributed by atoms with Crippen LogP contribution in [0.2, 0.25) is 0 Å². The van der Waals surface area contributed by atoms with Crippen molar-refractivity contribution in [3.8, 4) is 0 Å². The van der Waals surface area contributed by atoms with Crippen LogP contribution in [-0.2, 0) is 10.2 Å². The molecule has 3 saturated heterocycles. The molecular weight excluding hydrogens is 474 g/mol. The van der Waals surface area contributed by atoms with Crippen LogP contribution in [0.5, 0.6) is 0 Å². The highest BCUT2D eigenvalue weighted by molar-refractivity contribution is 5.96. The molecule has 0 N–H and O–H groups in total. The molecule has 1 aliphatic carbocycles. The Morgan fingerprint density at radius 2 is 1.58 bits per heavy atom. The van der Waals surface area contributed by atoms with Crippen LogP contribution in [0.1, 0.15) is 65.8 Å². The largest absolute Gasteiger partial charge is 0.342 e. The fourth-order valence-electron chi connectivity index (χ4n) is 7.74. The maximum atomic E-state index is 13.3. The van der Waals surface area contributed by atoms with Gasteiger partial charge in [0, 0.05) is 50.6 Å². The zero-order chi connectivity index (χ0) is 26.3. The van der Waals surface area contributed by atoms with Crippen molar-refractivity contribution in [2.24, 2.45) is 17.8 Å². The van der Waals surface area contributed by atoms with Crippen LogP contribution >= 0.6 is 0 Å². The lowest BCUT2D eigenvalue weighted by Gasteiger charge is -2.33. The molecular formula is C31H41N5O2. The average molecular weight is 516 g/mol. The van der Waals surface area contributed by atoms with Crippen molar-refractivity contribution in [3.05, 3.63) is 59.2 Å². The molecule has 0 spiro atoms. The molecule has 1 saturated carbocycles. The van der Waals surface area contributed by atoms with E-state index in [1.54, 1.807) is 0 Å². The van der Waals surface area contributed by atoms with E-state index in [2.05, 4.69) is 50.1 Å². The molecule has 3 unspecified atom stereocenters. The summed E-state index contributed by atoms with van der Waals surface area (Å²) in [6.45, 7) is 10.3. The van der Waals surface area contributed by atoms with Crippen molar-refractivity contribution in [1.82, 2.24) is 24.7 Å². The second kappa shape index (κ2) is 10.4. The van der Waals surface area contributed by atoms with Crippen LogP contribution < -0.4 is 0 Å². The van der Waals surface area contributed by atoms with Crippen molar-refractivity contribution >= 4 is 11.8 Å². The first-order chi connectivity index (χ1) is 18.4. The molecule has 2 aromatic rings. The Morgan fingerprint density at radius 1 is 0.921 bits per heavy atom. The minimum absolute atomic E-state index is 0.0393. The number of benzene rings is 1. The molecule has 3 atom stereocenters. The van der Waals surface area contributed by atoms with Crippen molar-refractivity contribution in [3.63, 3.8) is 0 Å². The molecule has 4 aliphatic rings. The van der Waals surface area contributed by atoms with Crippen molar-refractivity contribution in [1.29, 1.82) is 0 Å². The normalized spacial score (nSPS) is 27.8. The molecule has 7 nitrogen and oxygen atoms in total. The molecule has 4 heterocycles. The van der Waals surface area contributed by atoms with Gasteiger partial charge in [0.25, 0.3) is 5.91 Å². The first-order valence-electron chi connectivity index (χ1n) is 14.6. The van der Waals surface area contributed by atoms with Gasteiger partial charge in [-0.2, -0.15) is 0 Å². The first-order valence-corrected chi connectivity index (χ1v) is 14.6. The maximum Gasteiger partial charge on any atom is 0.257 e. The molecule has 7 heteroatoms. The van der Waals surface area contributed by atoms with Gasteiger partial charge in [-0.25, -0.2) is 9.97 Å². The number of amides is 2. The second-order valence-corrected chi connectivity index (χ2v) is 12.3. The Labute approximate surface area is 226 Å².